The van der Waals surface area contributed by atoms with E-state index in [0.717, 1.165) is 22.8 Å². The molecule has 104 valence electrons. The zero-order chi connectivity index (χ0) is 14.7. The number of nitrogens with zero attached hydrogens (tertiary/aromatic N) is 2. The van der Waals surface area contributed by atoms with Gasteiger partial charge in [0.1, 0.15) is 5.82 Å². The monoisotopic (exact) mass is 269 g/mol. The second-order valence-corrected chi connectivity index (χ2v) is 4.85. The minimum atomic E-state index is -0.146. The van der Waals surface area contributed by atoms with Crippen molar-refractivity contribution in [2.75, 3.05) is 0 Å². The van der Waals surface area contributed by atoms with Crippen LogP contribution in [0.2, 0.25) is 0 Å². The number of rotatable bonds is 4. The topological polar surface area (TPSA) is 46.9 Å². The van der Waals surface area contributed by atoms with Crippen LogP contribution in [-0.4, -0.2) is 15.5 Å². The number of hydrogen-bond acceptors (Lipinski definition) is 2. The molecule has 0 fully saturated rings. The molecule has 0 aliphatic carbocycles. The van der Waals surface area contributed by atoms with Crippen molar-refractivity contribution >= 4 is 5.91 Å². The standard InChI is InChI=1S/C16H19N3O/c1-11(2)16(20)17-10-14-18-12(3)15(19(14)4)13-8-6-5-7-9-13/h5-9H,1,10H2,2-4H3,(H,17,20). The predicted molar refractivity (Wildman–Crippen MR) is 80.0 cm³/mol. The SMILES string of the molecule is C=C(C)C(=O)NCc1nc(C)c(-c2ccccc2)n1C. The van der Waals surface area contributed by atoms with E-state index in [0.29, 0.717) is 12.1 Å². The molecule has 0 unspecified atom stereocenters. The first kappa shape index (κ1) is 14.1. The van der Waals surface area contributed by atoms with Gasteiger partial charge in [0.15, 0.2) is 0 Å². The Bertz CT molecular complexity index is 641. The smallest absolute Gasteiger partial charge is 0.246 e. The zero-order valence-electron chi connectivity index (χ0n) is 12.1. The number of aromatic nitrogens is 2. The number of carbonyl (C=O) groups excluding carboxylic acids is 1. The first-order valence-corrected chi connectivity index (χ1v) is 6.52. The molecular formula is C16H19N3O. The Labute approximate surface area is 119 Å². The van der Waals surface area contributed by atoms with Crippen LogP contribution in [0, 0.1) is 6.92 Å². The maximum Gasteiger partial charge on any atom is 0.246 e. The molecule has 4 nitrogen and oxygen atoms in total. The highest BCUT2D eigenvalue weighted by Gasteiger charge is 2.13. The van der Waals surface area contributed by atoms with Gasteiger partial charge >= 0.3 is 0 Å². The van der Waals surface area contributed by atoms with E-state index in [1.807, 2.05) is 36.7 Å². The molecule has 1 heterocycles. The summed E-state index contributed by atoms with van der Waals surface area (Å²) >= 11 is 0. The Balaban J connectivity index is 2.26. The fourth-order valence-electron chi connectivity index (χ4n) is 2.16. The van der Waals surface area contributed by atoms with Crippen molar-refractivity contribution in [2.24, 2.45) is 7.05 Å². The zero-order valence-corrected chi connectivity index (χ0v) is 12.1. The second kappa shape index (κ2) is 5.74. The van der Waals surface area contributed by atoms with E-state index in [2.05, 4.69) is 29.0 Å². The van der Waals surface area contributed by atoms with Crippen molar-refractivity contribution in [3.63, 3.8) is 0 Å². The Hall–Kier alpha value is -2.36. The van der Waals surface area contributed by atoms with E-state index in [-0.39, 0.29) is 5.91 Å². The van der Waals surface area contributed by atoms with Crippen LogP contribution in [0.4, 0.5) is 0 Å². The second-order valence-electron chi connectivity index (χ2n) is 4.85. The van der Waals surface area contributed by atoms with Crippen molar-refractivity contribution < 1.29 is 4.79 Å². The molecule has 0 atom stereocenters. The van der Waals surface area contributed by atoms with Crippen molar-refractivity contribution in [3.05, 3.63) is 54.0 Å². The summed E-state index contributed by atoms with van der Waals surface area (Å²) in [5.41, 5.74) is 3.65. The maximum atomic E-state index is 11.5. The molecule has 1 aromatic carbocycles. The van der Waals surface area contributed by atoms with E-state index in [1.165, 1.54) is 0 Å². The van der Waals surface area contributed by atoms with E-state index < -0.39 is 0 Å². The molecule has 0 aliphatic rings. The van der Waals surface area contributed by atoms with Crippen molar-refractivity contribution in [2.45, 2.75) is 20.4 Å². The Morgan fingerprint density at radius 1 is 1.35 bits per heavy atom. The fraction of sp³-hybridized carbons (Fsp3) is 0.250. The van der Waals surface area contributed by atoms with Gasteiger partial charge in [0.2, 0.25) is 5.91 Å². The molecular weight excluding hydrogens is 250 g/mol. The Kier molecular flexibility index (Phi) is 4.03. The highest BCUT2D eigenvalue weighted by atomic mass is 16.1. The summed E-state index contributed by atoms with van der Waals surface area (Å²) in [5.74, 6) is 0.683. The number of imidazole rings is 1. The molecule has 1 amide bonds. The highest BCUT2D eigenvalue weighted by molar-refractivity contribution is 5.91. The summed E-state index contributed by atoms with van der Waals surface area (Å²) < 4.78 is 2.02. The summed E-state index contributed by atoms with van der Waals surface area (Å²) in [6, 6.07) is 10.1. The van der Waals surface area contributed by atoms with Gasteiger partial charge in [-0.15, -0.1) is 0 Å². The number of nitrogens with one attached hydrogen (secondary N) is 1. The molecule has 0 saturated heterocycles. The van der Waals surface area contributed by atoms with Gasteiger partial charge in [-0.05, 0) is 13.8 Å². The maximum absolute atomic E-state index is 11.5. The third-order valence-corrected chi connectivity index (χ3v) is 3.20. The van der Waals surface area contributed by atoms with Crippen LogP contribution >= 0.6 is 0 Å². The fourth-order valence-corrected chi connectivity index (χ4v) is 2.16. The molecule has 1 N–H and O–H groups in total. The van der Waals surface area contributed by atoms with Gasteiger partial charge in [0.05, 0.1) is 17.9 Å². The average Bonchev–Trinajstić information content (AvgIpc) is 2.71. The minimum absolute atomic E-state index is 0.146. The number of amides is 1. The third-order valence-electron chi connectivity index (χ3n) is 3.20. The third kappa shape index (κ3) is 2.79. The predicted octanol–water partition coefficient (Wildman–Crippen LogP) is 2.59. The van der Waals surface area contributed by atoms with Gasteiger partial charge in [-0.25, -0.2) is 4.98 Å². The van der Waals surface area contributed by atoms with E-state index in [4.69, 9.17) is 0 Å². The van der Waals surface area contributed by atoms with Gasteiger partial charge in [-0.2, -0.15) is 0 Å². The lowest BCUT2D eigenvalue weighted by molar-refractivity contribution is -0.117. The quantitative estimate of drug-likeness (QED) is 0.867. The normalized spacial score (nSPS) is 10.3. The number of hydrogen-bond donors (Lipinski definition) is 1. The van der Waals surface area contributed by atoms with Crippen molar-refractivity contribution in [1.82, 2.24) is 14.9 Å². The van der Waals surface area contributed by atoms with Crippen LogP contribution in [0.3, 0.4) is 0 Å². The number of aryl methyl sites for hydroxylation is 1. The summed E-state index contributed by atoms with van der Waals surface area (Å²) in [6.45, 7) is 7.69. The average molecular weight is 269 g/mol. The van der Waals surface area contributed by atoms with Gasteiger partial charge in [0.25, 0.3) is 0 Å². The van der Waals surface area contributed by atoms with Crippen LogP contribution in [0.5, 0.6) is 0 Å². The summed E-state index contributed by atoms with van der Waals surface area (Å²) in [7, 11) is 1.96. The molecule has 0 bridgehead atoms. The van der Waals surface area contributed by atoms with Crippen LogP contribution in [0.15, 0.2) is 42.5 Å². The molecule has 4 heteroatoms. The number of carbonyl (C=O) groups is 1. The molecule has 2 rings (SSSR count). The molecule has 0 spiro atoms. The van der Waals surface area contributed by atoms with Crippen molar-refractivity contribution in [3.8, 4) is 11.3 Å². The van der Waals surface area contributed by atoms with Gasteiger partial charge in [0, 0.05) is 18.2 Å². The van der Waals surface area contributed by atoms with Crippen LogP contribution in [0.1, 0.15) is 18.4 Å². The largest absolute Gasteiger partial charge is 0.345 e. The van der Waals surface area contributed by atoms with E-state index in [9.17, 15) is 4.79 Å². The minimum Gasteiger partial charge on any atom is -0.345 e. The first-order valence-electron chi connectivity index (χ1n) is 6.52. The van der Waals surface area contributed by atoms with Crippen LogP contribution < -0.4 is 5.32 Å². The lowest BCUT2D eigenvalue weighted by Gasteiger charge is -2.08. The summed E-state index contributed by atoms with van der Waals surface area (Å²) in [5, 5.41) is 2.81. The first-order chi connectivity index (χ1) is 9.50. The Morgan fingerprint density at radius 2 is 2.00 bits per heavy atom. The van der Waals surface area contributed by atoms with Crippen LogP contribution in [0.25, 0.3) is 11.3 Å². The molecule has 20 heavy (non-hydrogen) atoms. The molecule has 2 aromatic rings. The van der Waals surface area contributed by atoms with Gasteiger partial charge in [-0.3, -0.25) is 4.79 Å². The number of benzene rings is 1. The lowest BCUT2D eigenvalue weighted by Crippen LogP contribution is -2.24. The molecule has 1 aromatic heterocycles. The van der Waals surface area contributed by atoms with E-state index in [1.54, 1.807) is 6.92 Å². The summed E-state index contributed by atoms with van der Waals surface area (Å²) in [6.07, 6.45) is 0. The lowest BCUT2D eigenvalue weighted by atomic mass is 10.1. The summed E-state index contributed by atoms with van der Waals surface area (Å²) in [4.78, 5) is 16.1. The van der Waals surface area contributed by atoms with E-state index >= 15 is 0 Å². The van der Waals surface area contributed by atoms with Crippen molar-refractivity contribution in [1.29, 1.82) is 0 Å². The van der Waals surface area contributed by atoms with Crippen LogP contribution in [-0.2, 0) is 18.4 Å². The molecule has 0 radical (unpaired) electrons. The van der Waals surface area contributed by atoms with Gasteiger partial charge in [-0.1, -0.05) is 36.9 Å². The Morgan fingerprint density at radius 3 is 2.60 bits per heavy atom. The molecule has 0 saturated carbocycles. The highest BCUT2D eigenvalue weighted by Crippen LogP contribution is 2.23. The molecule has 0 aliphatic heterocycles. The van der Waals surface area contributed by atoms with Gasteiger partial charge < -0.3 is 9.88 Å².